The monoisotopic (exact) mass is 331 g/mol. The van der Waals surface area contributed by atoms with Crippen LogP contribution in [-0.2, 0) is 9.53 Å². The molecule has 3 rings (SSSR count). The number of hydrogen-bond donors (Lipinski definition) is 1. The maximum atomic E-state index is 13.0. The molecular weight excluding hydrogens is 313 g/mol. The Morgan fingerprint density at radius 3 is 2.83 bits per heavy atom. The highest BCUT2D eigenvalue weighted by Crippen LogP contribution is 2.16. The van der Waals surface area contributed by atoms with Crippen LogP contribution < -0.4 is 15.0 Å². The predicted molar refractivity (Wildman–Crippen MR) is 87.8 cm³/mol. The van der Waals surface area contributed by atoms with Crippen molar-refractivity contribution in [3.05, 3.63) is 48.4 Å². The van der Waals surface area contributed by atoms with Crippen LogP contribution in [-0.4, -0.2) is 43.8 Å². The molecular formula is C17H18FN3O3. The van der Waals surface area contributed by atoms with Gasteiger partial charge in [-0.25, -0.2) is 9.37 Å². The highest BCUT2D eigenvalue weighted by Gasteiger charge is 2.12. The van der Waals surface area contributed by atoms with Crippen LogP contribution in [0.3, 0.4) is 0 Å². The molecule has 1 aliphatic rings. The van der Waals surface area contributed by atoms with Gasteiger partial charge in [-0.1, -0.05) is 6.07 Å². The van der Waals surface area contributed by atoms with Gasteiger partial charge in [-0.3, -0.25) is 4.79 Å². The highest BCUT2D eigenvalue weighted by molar-refractivity contribution is 5.91. The van der Waals surface area contributed by atoms with E-state index < -0.39 is 5.82 Å². The number of carbonyl (C=O) groups is 1. The van der Waals surface area contributed by atoms with E-state index in [0.29, 0.717) is 24.7 Å². The normalized spacial score (nSPS) is 14.3. The molecule has 1 aromatic carbocycles. The van der Waals surface area contributed by atoms with Crippen molar-refractivity contribution in [1.29, 1.82) is 0 Å². The molecule has 0 spiro atoms. The number of halogens is 1. The molecule has 0 atom stereocenters. The van der Waals surface area contributed by atoms with Crippen LogP contribution in [0.1, 0.15) is 0 Å². The van der Waals surface area contributed by atoms with Gasteiger partial charge in [-0.15, -0.1) is 0 Å². The van der Waals surface area contributed by atoms with Gasteiger partial charge in [0.25, 0.3) is 5.91 Å². The summed E-state index contributed by atoms with van der Waals surface area (Å²) in [7, 11) is 0. The molecule has 126 valence electrons. The summed E-state index contributed by atoms with van der Waals surface area (Å²) in [5.74, 6) is 0.425. The van der Waals surface area contributed by atoms with Crippen LogP contribution in [0.5, 0.6) is 5.75 Å². The maximum Gasteiger partial charge on any atom is 0.262 e. The van der Waals surface area contributed by atoms with Crippen LogP contribution in [0.2, 0.25) is 0 Å². The molecule has 1 saturated heterocycles. The average Bonchev–Trinajstić information content (AvgIpc) is 2.61. The standard InChI is InChI=1S/C17H18FN3O3/c18-13-2-1-3-15(10-13)24-12-17(22)20-14-4-5-16(19-11-14)21-6-8-23-9-7-21/h1-5,10-11H,6-9,12H2,(H,20,22). The largest absolute Gasteiger partial charge is 0.484 e. The zero-order valence-corrected chi connectivity index (χ0v) is 13.1. The van der Waals surface area contributed by atoms with Crippen LogP contribution in [0.15, 0.2) is 42.6 Å². The number of morpholine rings is 1. The minimum Gasteiger partial charge on any atom is -0.484 e. The third-order valence-corrected chi connectivity index (χ3v) is 3.53. The lowest BCUT2D eigenvalue weighted by Crippen LogP contribution is -2.36. The fraction of sp³-hybridized carbons (Fsp3) is 0.294. The molecule has 0 unspecified atom stereocenters. The Balaban J connectivity index is 1.50. The van der Waals surface area contributed by atoms with Crippen molar-refractivity contribution in [3.8, 4) is 5.75 Å². The third kappa shape index (κ3) is 4.42. The van der Waals surface area contributed by atoms with E-state index >= 15 is 0 Å². The molecule has 0 bridgehead atoms. The Labute approximate surface area is 139 Å². The van der Waals surface area contributed by atoms with Gasteiger partial charge in [0.15, 0.2) is 6.61 Å². The van der Waals surface area contributed by atoms with E-state index in [1.165, 1.54) is 18.2 Å². The average molecular weight is 331 g/mol. The van der Waals surface area contributed by atoms with Gasteiger partial charge in [0, 0.05) is 19.2 Å². The van der Waals surface area contributed by atoms with Crippen molar-refractivity contribution in [2.45, 2.75) is 0 Å². The SMILES string of the molecule is O=C(COc1cccc(F)c1)Nc1ccc(N2CCOCC2)nc1. The number of aromatic nitrogens is 1. The Kier molecular flexibility index (Phi) is 5.22. The summed E-state index contributed by atoms with van der Waals surface area (Å²) >= 11 is 0. The fourth-order valence-electron chi connectivity index (χ4n) is 2.34. The Hall–Kier alpha value is -2.67. The number of anilines is 2. The lowest BCUT2D eigenvalue weighted by molar-refractivity contribution is -0.118. The molecule has 1 amide bonds. The first-order valence-corrected chi connectivity index (χ1v) is 7.68. The molecule has 24 heavy (non-hydrogen) atoms. The van der Waals surface area contributed by atoms with Gasteiger partial charge in [-0.05, 0) is 24.3 Å². The third-order valence-electron chi connectivity index (χ3n) is 3.53. The zero-order valence-electron chi connectivity index (χ0n) is 13.1. The molecule has 0 aliphatic carbocycles. The van der Waals surface area contributed by atoms with E-state index in [4.69, 9.17) is 9.47 Å². The second-order valence-electron chi connectivity index (χ2n) is 5.30. The lowest BCUT2D eigenvalue weighted by Gasteiger charge is -2.27. The number of carbonyl (C=O) groups excluding carboxylic acids is 1. The Morgan fingerprint density at radius 2 is 2.12 bits per heavy atom. The second-order valence-corrected chi connectivity index (χ2v) is 5.30. The number of pyridine rings is 1. The summed E-state index contributed by atoms with van der Waals surface area (Å²) in [5.41, 5.74) is 0.583. The molecule has 2 heterocycles. The van der Waals surface area contributed by atoms with Gasteiger partial charge >= 0.3 is 0 Å². The zero-order chi connectivity index (χ0) is 16.8. The van der Waals surface area contributed by atoms with Gasteiger partial charge in [-0.2, -0.15) is 0 Å². The van der Waals surface area contributed by atoms with Crippen molar-refractivity contribution < 1.29 is 18.7 Å². The second kappa shape index (κ2) is 7.74. The van der Waals surface area contributed by atoms with Crippen LogP contribution in [0.25, 0.3) is 0 Å². The molecule has 2 aromatic rings. The van der Waals surface area contributed by atoms with Gasteiger partial charge < -0.3 is 19.7 Å². The van der Waals surface area contributed by atoms with E-state index in [2.05, 4.69) is 15.2 Å². The number of rotatable bonds is 5. The smallest absolute Gasteiger partial charge is 0.262 e. The van der Waals surface area contributed by atoms with Crippen molar-refractivity contribution in [2.24, 2.45) is 0 Å². The quantitative estimate of drug-likeness (QED) is 0.909. The Bertz CT molecular complexity index is 688. The Morgan fingerprint density at radius 1 is 1.29 bits per heavy atom. The van der Waals surface area contributed by atoms with Gasteiger partial charge in [0.1, 0.15) is 17.4 Å². The number of ether oxygens (including phenoxy) is 2. The molecule has 6 nitrogen and oxygen atoms in total. The molecule has 1 aromatic heterocycles. The first-order chi connectivity index (χ1) is 11.7. The number of hydrogen-bond acceptors (Lipinski definition) is 5. The molecule has 1 aliphatic heterocycles. The van der Waals surface area contributed by atoms with E-state index in [9.17, 15) is 9.18 Å². The summed E-state index contributed by atoms with van der Waals surface area (Å²) < 4.78 is 23.6. The summed E-state index contributed by atoms with van der Waals surface area (Å²) in [6.07, 6.45) is 1.60. The van der Waals surface area contributed by atoms with Crippen LogP contribution in [0.4, 0.5) is 15.9 Å². The summed E-state index contributed by atoms with van der Waals surface area (Å²) in [6.45, 7) is 2.80. The topological polar surface area (TPSA) is 63.7 Å². The molecule has 0 radical (unpaired) electrons. The highest BCUT2D eigenvalue weighted by atomic mass is 19.1. The van der Waals surface area contributed by atoms with E-state index in [1.807, 2.05) is 6.07 Å². The summed E-state index contributed by atoms with van der Waals surface area (Å²) in [4.78, 5) is 18.4. The van der Waals surface area contributed by atoms with Crippen molar-refractivity contribution in [2.75, 3.05) is 43.1 Å². The minimum atomic E-state index is -0.407. The predicted octanol–water partition coefficient (Wildman–Crippen LogP) is 2.07. The minimum absolute atomic E-state index is 0.200. The first-order valence-electron chi connectivity index (χ1n) is 7.68. The molecule has 1 N–H and O–H groups in total. The van der Waals surface area contributed by atoms with Gasteiger partial charge in [0.2, 0.25) is 0 Å². The maximum absolute atomic E-state index is 13.0. The number of amides is 1. The van der Waals surface area contributed by atoms with Crippen molar-refractivity contribution >= 4 is 17.4 Å². The van der Waals surface area contributed by atoms with Crippen LogP contribution in [0, 0.1) is 5.82 Å². The molecule has 0 saturated carbocycles. The molecule has 7 heteroatoms. The van der Waals surface area contributed by atoms with Crippen LogP contribution >= 0.6 is 0 Å². The van der Waals surface area contributed by atoms with Crippen molar-refractivity contribution in [1.82, 2.24) is 4.98 Å². The molecule has 1 fully saturated rings. The number of benzene rings is 1. The summed E-state index contributed by atoms with van der Waals surface area (Å²) in [6, 6.07) is 9.30. The lowest BCUT2D eigenvalue weighted by atomic mass is 10.3. The van der Waals surface area contributed by atoms with Gasteiger partial charge in [0.05, 0.1) is 25.1 Å². The fourth-order valence-corrected chi connectivity index (χ4v) is 2.34. The summed E-state index contributed by atoms with van der Waals surface area (Å²) in [5, 5.41) is 2.69. The number of nitrogens with one attached hydrogen (secondary N) is 1. The van der Waals surface area contributed by atoms with E-state index in [1.54, 1.807) is 18.3 Å². The van der Waals surface area contributed by atoms with E-state index in [-0.39, 0.29) is 12.5 Å². The van der Waals surface area contributed by atoms with E-state index in [0.717, 1.165) is 18.9 Å². The number of nitrogens with zero attached hydrogens (tertiary/aromatic N) is 2. The van der Waals surface area contributed by atoms with Crippen molar-refractivity contribution in [3.63, 3.8) is 0 Å². The first kappa shape index (κ1) is 16.2.